The maximum absolute atomic E-state index is 13.9. The first kappa shape index (κ1) is 21.6. The van der Waals surface area contributed by atoms with Crippen molar-refractivity contribution in [3.63, 3.8) is 0 Å². The van der Waals surface area contributed by atoms with Gasteiger partial charge >= 0.3 is 0 Å². The fraction of sp³-hybridized carbons (Fsp3) is 0.333. The fourth-order valence-corrected chi connectivity index (χ4v) is 5.36. The summed E-state index contributed by atoms with van der Waals surface area (Å²) in [4.78, 5) is 48.6. The van der Waals surface area contributed by atoms with Crippen LogP contribution in [-0.2, 0) is 24.3 Å². The molecule has 1 N–H and O–H groups in total. The van der Waals surface area contributed by atoms with E-state index in [1.165, 1.54) is 6.33 Å². The molecule has 1 atom stereocenters. The van der Waals surface area contributed by atoms with Gasteiger partial charge in [0, 0.05) is 24.8 Å². The second-order valence-corrected chi connectivity index (χ2v) is 9.75. The van der Waals surface area contributed by atoms with Crippen LogP contribution in [0, 0.1) is 0 Å². The molecule has 1 saturated carbocycles. The fourth-order valence-electron chi connectivity index (χ4n) is 5.36. The molecule has 3 heterocycles. The molecular formula is C27H27N5O3. The molecule has 3 aliphatic rings. The molecule has 1 aromatic heterocycles. The average Bonchev–Trinajstić information content (AvgIpc) is 3.45. The zero-order valence-electron chi connectivity index (χ0n) is 19.6. The molecule has 0 spiro atoms. The normalized spacial score (nSPS) is 21.0. The van der Waals surface area contributed by atoms with Crippen molar-refractivity contribution in [3.8, 4) is 0 Å². The van der Waals surface area contributed by atoms with E-state index in [0.29, 0.717) is 13.1 Å². The Bertz CT molecular complexity index is 1330. The first-order chi connectivity index (χ1) is 17.0. The third kappa shape index (κ3) is 3.51. The van der Waals surface area contributed by atoms with Crippen LogP contribution in [0.2, 0.25) is 0 Å². The van der Waals surface area contributed by atoms with E-state index in [9.17, 15) is 14.4 Å². The van der Waals surface area contributed by atoms with E-state index in [0.717, 1.165) is 36.1 Å². The van der Waals surface area contributed by atoms with Crippen LogP contribution in [0.5, 0.6) is 0 Å². The summed E-state index contributed by atoms with van der Waals surface area (Å²) in [5.74, 6) is -0.781. The molecule has 178 valence electrons. The number of anilines is 1. The molecule has 0 radical (unpaired) electrons. The van der Waals surface area contributed by atoms with E-state index in [1.807, 2.05) is 61.5 Å². The smallest absolute Gasteiger partial charge is 0.279 e. The lowest BCUT2D eigenvalue weighted by molar-refractivity contribution is -0.133. The van der Waals surface area contributed by atoms with Gasteiger partial charge in [-0.2, -0.15) is 0 Å². The van der Waals surface area contributed by atoms with E-state index < -0.39 is 5.54 Å². The first-order valence-corrected chi connectivity index (χ1v) is 12.1. The lowest BCUT2D eigenvalue weighted by Crippen LogP contribution is -2.64. The van der Waals surface area contributed by atoms with Gasteiger partial charge in [0.25, 0.3) is 11.8 Å². The quantitative estimate of drug-likeness (QED) is 0.623. The Morgan fingerprint density at radius 1 is 1.09 bits per heavy atom. The molecular weight excluding hydrogens is 442 g/mol. The van der Waals surface area contributed by atoms with Crippen LogP contribution in [-0.4, -0.2) is 50.3 Å². The molecule has 0 saturated heterocycles. The Morgan fingerprint density at radius 2 is 1.83 bits per heavy atom. The zero-order valence-corrected chi connectivity index (χ0v) is 19.6. The number of benzene rings is 2. The molecule has 3 aromatic rings. The van der Waals surface area contributed by atoms with Crippen LogP contribution in [0.3, 0.4) is 0 Å². The summed E-state index contributed by atoms with van der Waals surface area (Å²) in [5.41, 5.74) is 2.34. The summed E-state index contributed by atoms with van der Waals surface area (Å²) in [6.45, 7) is 3.01. The monoisotopic (exact) mass is 469 g/mol. The third-order valence-electron chi connectivity index (χ3n) is 7.30. The highest BCUT2D eigenvalue weighted by molar-refractivity contribution is 6.13. The van der Waals surface area contributed by atoms with Crippen molar-refractivity contribution in [1.29, 1.82) is 0 Å². The number of aromatic nitrogens is 2. The maximum atomic E-state index is 13.9. The minimum atomic E-state index is -1.07. The Kier molecular flexibility index (Phi) is 4.98. The standard InChI is InChI=1S/C27H27N5O3/c1-27(26(35)28-15-18-7-3-2-4-8-18)16-30-17-29-22(23(30)25(34)32(27)20-11-12-20)24(33)31-14-13-19-9-5-6-10-21(19)31/h2-10,17,20H,11-16H2,1H3,(H,28,35)/t27-/m1/s1. The van der Waals surface area contributed by atoms with Crippen molar-refractivity contribution in [2.75, 3.05) is 11.4 Å². The predicted octanol–water partition coefficient (Wildman–Crippen LogP) is 2.78. The summed E-state index contributed by atoms with van der Waals surface area (Å²) >= 11 is 0. The molecule has 35 heavy (non-hydrogen) atoms. The Hall–Kier alpha value is -3.94. The van der Waals surface area contributed by atoms with Gasteiger partial charge in [0.2, 0.25) is 5.91 Å². The van der Waals surface area contributed by atoms with Gasteiger partial charge < -0.3 is 19.7 Å². The van der Waals surface area contributed by atoms with Gasteiger partial charge in [0.1, 0.15) is 11.2 Å². The zero-order chi connectivity index (χ0) is 24.2. The Balaban J connectivity index is 1.30. The topological polar surface area (TPSA) is 87.5 Å². The van der Waals surface area contributed by atoms with E-state index in [1.54, 1.807) is 14.4 Å². The second kappa shape index (κ2) is 8.08. The molecule has 8 nitrogen and oxygen atoms in total. The van der Waals surface area contributed by atoms with Crippen LogP contribution < -0.4 is 10.2 Å². The molecule has 3 amide bonds. The number of hydrogen-bond donors (Lipinski definition) is 1. The van der Waals surface area contributed by atoms with Crippen molar-refractivity contribution >= 4 is 23.4 Å². The molecule has 0 bridgehead atoms. The van der Waals surface area contributed by atoms with Crippen LogP contribution in [0.15, 0.2) is 60.9 Å². The van der Waals surface area contributed by atoms with Crippen molar-refractivity contribution in [2.45, 2.75) is 50.9 Å². The summed E-state index contributed by atoms with van der Waals surface area (Å²) in [5, 5.41) is 3.02. The maximum Gasteiger partial charge on any atom is 0.279 e. The SMILES string of the molecule is C[C@]1(C(=O)NCc2ccccc2)Cn2cnc(C(=O)N3CCc4ccccc43)c2C(=O)N1C1CC1. The minimum absolute atomic E-state index is 0.00547. The van der Waals surface area contributed by atoms with Gasteiger partial charge in [-0.05, 0) is 43.4 Å². The van der Waals surface area contributed by atoms with Gasteiger partial charge in [-0.15, -0.1) is 0 Å². The van der Waals surface area contributed by atoms with Crippen molar-refractivity contribution < 1.29 is 14.4 Å². The second-order valence-electron chi connectivity index (χ2n) is 9.75. The number of nitrogens with one attached hydrogen (secondary N) is 1. The van der Waals surface area contributed by atoms with E-state index in [4.69, 9.17) is 0 Å². The molecule has 8 heteroatoms. The van der Waals surface area contributed by atoms with Crippen molar-refractivity contribution in [2.24, 2.45) is 0 Å². The number of imidazole rings is 1. The summed E-state index contributed by atoms with van der Waals surface area (Å²) < 4.78 is 1.68. The lowest BCUT2D eigenvalue weighted by atomic mass is 9.93. The highest BCUT2D eigenvalue weighted by Gasteiger charge is 2.54. The Labute approximate surface area is 203 Å². The molecule has 1 aliphatic carbocycles. The average molecular weight is 470 g/mol. The highest BCUT2D eigenvalue weighted by Crippen LogP contribution is 2.39. The first-order valence-electron chi connectivity index (χ1n) is 12.1. The number of carbonyl (C=O) groups is 3. The Morgan fingerprint density at radius 3 is 2.60 bits per heavy atom. The van der Waals surface area contributed by atoms with Crippen LogP contribution in [0.4, 0.5) is 5.69 Å². The van der Waals surface area contributed by atoms with Crippen LogP contribution in [0.25, 0.3) is 0 Å². The van der Waals surface area contributed by atoms with Gasteiger partial charge in [-0.25, -0.2) is 4.98 Å². The largest absolute Gasteiger partial charge is 0.350 e. The number of amides is 3. The number of carbonyl (C=O) groups excluding carboxylic acids is 3. The molecule has 6 rings (SSSR count). The van der Waals surface area contributed by atoms with Crippen LogP contribution in [0.1, 0.15) is 51.9 Å². The van der Waals surface area contributed by atoms with Gasteiger partial charge in [-0.1, -0.05) is 48.5 Å². The number of rotatable bonds is 5. The van der Waals surface area contributed by atoms with Crippen LogP contribution >= 0.6 is 0 Å². The predicted molar refractivity (Wildman–Crippen MR) is 130 cm³/mol. The molecule has 1 fully saturated rings. The minimum Gasteiger partial charge on any atom is -0.350 e. The summed E-state index contributed by atoms with van der Waals surface area (Å²) in [6.07, 6.45) is 4.00. The lowest BCUT2D eigenvalue weighted by Gasteiger charge is -2.44. The third-order valence-corrected chi connectivity index (χ3v) is 7.30. The van der Waals surface area contributed by atoms with E-state index in [2.05, 4.69) is 10.3 Å². The summed E-state index contributed by atoms with van der Waals surface area (Å²) in [6, 6.07) is 17.5. The molecule has 0 unspecified atom stereocenters. The van der Waals surface area contributed by atoms with Gasteiger partial charge in [0.05, 0.1) is 12.9 Å². The highest BCUT2D eigenvalue weighted by atomic mass is 16.2. The number of hydrogen-bond acceptors (Lipinski definition) is 4. The molecule has 2 aromatic carbocycles. The number of fused-ring (bicyclic) bond motifs is 2. The number of para-hydroxylation sites is 1. The van der Waals surface area contributed by atoms with E-state index >= 15 is 0 Å². The number of nitrogens with zero attached hydrogens (tertiary/aromatic N) is 4. The van der Waals surface area contributed by atoms with Crippen molar-refractivity contribution in [3.05, 3.63) is 83.4 Å². The molecule has 2 aliphatic heterocycles. The van der Waals surface area contributed by atoms with Gasteiger partial charge in [-0.3, -0.25) is 14.4 Å². The van der Waals surface area contributed by atoms with E-state index in [-0.39, 0.29) is 41.7 Å². The van der Waals surface area contributed by atoms with Crippen molar-refractivity contribution in [1.82, 2.24) is 19.8 Å². The van der Waals surface area contributed by atoms with Gasteiger partial charge in [0.15, 0.2) is 5.69 Å². The summed E-state index contributed by atoms with van der Waals surface area (Å²) in [7, 11) is 0.